The molecule has 0 atom stereocenters. The van der Waals surface area contributed by atoms with Gasteiger partial charge in [0.1, 0.15) is 0 Å². The second kappa shape index (κ2) is 8.28. The van der Waals surface area contributed by atoms with Crippen molar-refractivity contribution in [2.45, 2.75) is 12.8 Å². The Hall–Kier alpha value is -1.86. The molecule has 0 amide bonds. The molecule has 1 fully saturated rings. The van der Waals surface area contributed by atoms with Crippen LogP contribution < -0.4 is 5.32 Å². The molecule has 0 aliphatic carbocycles. The maximum Gasteiger partial charge on any atom is -0.00484 e. The van der Waals surface area contributed by atoms with Crippen LogP contribution in [0, 0.1) is 0 Å². The summed E-state index contributed by atoms with van der Waals surface area (Å²) in [7, 11) is 0. The van der Waals surface area contributed by atoms with E-state index >= 15 is 0 Å². The van der Waals surface area contributed by atoms with Crippen molar-refractivity contribution in [3.8, 4) is 0 Å². The summed E-state index contributed by atoms with van der Waals surface area (Å²) in [4.78, 5) is 0. The molecule has 3 rings (SSSR count). The van der Waals surface area contributed by atoms with Gasteiger partial charge in [-0.15, -0.1) is 0 Å². The molecule has 1 N–H and O–H groups in total. The van der Waals surface area contributed by atoms with Crippen LogP contribution >= 0.6 is 0 Å². The van der Waals surface area contributed by atoms with Crippen molar-refractivity contribution in [1.82, 2.24) is 5.32 Å². The monoisotopic (exact) mass is 251 g/mol. The highest BCUT2D eigenvalue weighted by molar-refractivity contribution is 5.69. The van der Waals surface area contributed by atoms with Crippen LogP contribution in [-0.4, -0.2) is 13.1 Å². The number of hydrogen-bond acceptors (Lipinski definition) is 1. The van der Waals surface area contributed by atoms with Gasteiger partial charge in [-0.3, -0.25) is 0 Å². The van der Waals surface area contributed by atoms with E-state index in [2.05, 4.69) is 41.7 Å². The van der Waals surface area contributed by atoms with Crippen LogP contribution in [0.2, 0.25) is 0 Å². The molecule has 0 saturated carbocycles. The van der Waals surface area contributed by atoms with Gasteiger partial charge >= 0.3 is 0 Å². The Morgan fingerprint density at radius 1 is 0.632 bits per heavy atom. The van der Waals surface area contributed by atoms with E-state index in [-0.39, 0.29) is 0 Å². The minimum Gasteiger partial charge on any atom is -0.317 e. The van der Waals surface area contributed by atoms with Gasteiger partial charge in [-0.2, -0.15) is 0 Å². The van der Waals surface area contributed by atoms with Crippen LogP contribution in [0.5, 0.6) is 0 Å². The van der Waals surface area contributed by atoms with Crippen molar-refractivity contribution in [1.29, 1.82) is 0 Å². The molecular formula is C18H21N. The molecule has 1 saturated heterocycles. The molecule has 98 valence electrons. The Balaban J connectivity index is 0.000000224. The predicted octanol–water partition coefficient (Wildman–Crippen LogP) is 4.23. The maximum atomic E-state index is 3.22. The van der Waals surface area contributed by atoms with Crippen LogP contribution in [0.4, 0.5) is 0 Å². The summed E-state index contributed by atoms with van der Waals surface area (Å²) in [5, 5.41) is 3.22. The van der Waals surface area contributed by atoms with Crippen molar-refractivity contribution in [3.05, 3.63) is 71.8 Å². The molecule has 2 aromatic rings. The molecule has 0 bridgehead atoms. The fraction of sp³-hybridized carbons (Fsp3) is 0.222. The van der Waals surface area contributed by atoms with Gasteiger partial charge in [-0.05, 0) is 37.1 Å². The molecule has 0 unspecified atom stereocenters. The lowest BCUT2D eigenvalue weighted by Crippen LogP contribution is -2.03. The zero-order chi connectivity index (χ0) is 13.2. The Kier molecular flexibility index (Phi) is 5.91. The Bertz CT molecular complexity index is 420. The molecule has 0 radical (unpaired) electrons. The number of hydrogen-bond donors (Lipinski definition) is 1. The Labute approximate surface area is 116 Å². The summed E-state index contributed by atoms with van der Waals surface area (Å²) in [5.41, 5.74) is 2.47. The first-order chi connectivity index (χ1) is 9.45. The minimum atomic E-state index is 1.23. The molecule has 1 nitrogen and oxygen atoms in total. The van der Waals surface area contributed by atoms with Gasteiger partial charge in [0.25, 0.3) is 0 Å². The van der Waals surface area contributed by atoms with Crippen molar-refractivity contribution < 1.29 is 0 Å². The van der Waals surface area contributed by atoms with E-state index in [1.807, 2.05) is 36.4 Å². The third kappa shape index (κ3) is 5.54. The summed E-state index contributed by atoms with van der Waals surface area (Å²) < 4.78 is 0. The van der Waals surface area contributed by atoms with E-state index in [9.17, 15) is 0 Å². The third-order valence-corrected chi connectivity index (χ3v) is 3.02. The maximum absolute atomic E-state index is 3.22. The van der Waals surface area contributed by atoms with E-state index < -0.39 is 0 Å². The lowest BCUT2D eigenvalue weighted by Gasteiger charge is -1.92. The lowest BCUT2D eigenvalue weighted by atomic mass is 10.1. The molecule has 1 aliphatic heterocycles. The van der Waals surface area contributed by atoms with Crippen molar-refractivity contribution in [2.75, 3.05) is 13.1 Å². The van der Waals surface area contributed by atoms with E-state index in [0.29, 0.717) is 0 Å². The number of nitrogens with one attached hydrogen (secondary N) is 1. The zero-order valence-corrected chi connectivity index (χ0v) is 11.3. The average Bonchev–Trinajstić information content (AvgIpc) is 3.07. The van der Waals surface area contributed by atoms with Gasteiger partial charge < -0.3 is 5.32 Å². The normalized spacial score (nSPS) is 14.1. The quantitative estimate of drug-likeness (QED) is 0.788. The number of benzene rings is 2. The van der Waals surface area contributed by atoms with Crippen molar-refractivity contribution >= 4 is 12.2 Å². The van der Waals surface area contributed by atoms with Gasteiger partial charge in [0, 0.05) is 0 Å². The van der Waals surface area contributed by atoms with Crippen LogP contribution in [0.25, 0.3) is 12.2 Å². The topological polar surface area (TPSA) is 12.0 Å². The predicted molar refractivity (Wildman–Crippen MR) is 83.9 cm³/mol. The molecule has 0 spiro atoms. The van der Waals surface area contributed by atoms with Crippen LogP contribution in [0.1, 0.15) is 24.0 Å². The molecule has 1 heteroatoms. The molecule has 0 aromatic heterocycles. The molecule has 1 heterocycles. The first kappa shape index (κ1) is 13.6. The first-order valence-electron chi connectivity index (χ1n) is 6.94. The molecule has 1 aliphatic rings. The lowest BCUT2D eigenvalue weighted by molar-refractivity contribution is 0.857. The van der Waals surface area contributed by atoms with Gasteiger partial charge in [-0.1, -0.05) is 72.8 Å². The highest BCUT2D eigenvalue weighted by Gasteiger charge is 1.93. The van der Waals surface area contributed by atoms with E-state index in [4.69, 9.17) is 0 Å². The smallest absolute Gasteiger partial charge is 0.00484 e. The summed E-state index contributed by atoms with van der Waals surface area (Å²) in [6, 6.07) is 20.6. The van der Waals surface area contributed by atoms with Gasteiger partial charge in [0.05, 0.1) is 0 Å². The molecule has 19 heavy (non-hydrogen) atoms. The van der Waals surface area contributed by atoms with Gasteiger partial charge in [-0.25, -0.2) is 0 Å². The highest BCUT2D eigenvalue weighted by Crippen LogP contribution is 2.06. The number of rotatable bonds is 2. The summed E-state index contributed by atoms with van der Waals surface area (Å²) in [6.45, 7) is 2.50. The van der Waals surface area contributed by atoms with Crippen LogP contribution in [0.15, 0.2) is 60.7 Å². The van der Waals surface area contributed by atoms with Gasteiger partial charge in [0.2, 0.25) is 0 Å². The second-order valence-corrected chi connectivity index (χ2v) is 4.61. The molecule has 2 aromatic carbocycles. The summed E-state index contributed by atoms with van der Waals surface area (Å²) in [6.07, 6.45) is 7.02. The van der Waals surface area contributed by atoms with E-state index in [0.717, 1.165) is 0 Å². The zero-order valence-electron chi connectivity index (χ0n) is 11.3. The standard InChI is InChI=1S/C14H12.C4H9N/c1-3-7-13(8-4-1)11-12-14-9-5-2-6-10-14;1-2-4-5-3-1/h1-12H;5H,1-4H2. The van der Waals surface area contributed by atoms with Crippen LogP contribution in [-0.2, 0) is 0 Å². The largest absolute Gasteiger partial charge is 0.317 e. The second-order valence-electron chi connectivity index (χ2n) is 4.61. The van der Waals surface area contributed by atoms with Crippen LogP contribution in [0.3, 0.4) is 0 Å². The fourth-order valence-electron chi connectivity index (χ4n) is 1.95. The van der Waals surface area contributed by atoms with Gasteiger partial charge in [0.15, 0.2) is 0 Å². The minimum absolute atomic E-state index is 1.23. The highest BCUT2D eigenvalue weighted by atomic mass is 14.9. The Morgan fingerprint density at radius 2 is 1.05 bits per heavy atom. The van der Waals surface area contributed by atoms with Crippen molar-refractivity contribution in [2.24, 2.45) is 0 Å². The summed E-state index contributed by atoms with van der Waals surface area (Å²) >= 11 is 0. The van der Waals surface area contributed by atoms with E-state index in [1.165, 1.54) is 37.1 Å². The first-order valence-corrected chi connectivity index (χ1v) is 6.94. The summed E-state index contributed by atoms with van der Waals surface area (Å²) in [5.74, 6) is 0. The SMILES string of the molecule is C(=Cc1ccccc1)c1ccccc1.C1CCNC1. The average molecular weight is 251 g/mol. The fourth-order valence-corrected chi connectivity index (χ4v) is 1.95. The Morgan fingerprint density at radius 3 is 1.37 bits per heavy atom. The van der Waals surface area contributed by atoms with Crippen molar-refractivity contribution in [3.63, 3.8) is 0 Å². The van der Waals surface area contributed by atoms with E-state index in [1.54, 1.807) is 0 Å². The molecular weight excluding hydrogens is 230 g/mol. The third-order valence-electron chi connectivity index (χ3n) is 3.02.